The van der Waals surface area contributed by atoms with Crippen molar-refractivity contribution in [2.45, 2.75) is 25.9 Å². The molecule has 0 spiro atoms. The van der Waals surface area contributed by atoms with E-state index in [1.165, 1.54) is 4.90 Å². The molecular weight excluding hydrogens is 270 g/mol. The molecule has 1 amide bonds. The van der Waals surface area contributed by atoms with E-state index in [1.807, 2.05) is 30.3 Å². The van der Waals surface area contributed by atoms with Gasteiger partial charge in [0, 0.05) is 13.2 Å². The molecule has 0 unspecified atom stereocenters. The first-order chi connectivity index (χ1) is 10.1. The van der Waals surface area contributed by atoms with Crippen LogP contribution >= 0.6 is 0 Å². The standard InChI is InChI=1S/C16H21NO4/c1-2-17(11-14(18)19)16(20)13-9-6-10-21-15(13)12-7-4-3-5-8-12/h3-5,7-8,13,15H,2,6,9-11H2,1H3,(H,18,19)/t13-,15-/m1/s1. The first-order valence-corrected chi connectivity index (χ1v) is 7.30. The zero-order valence-corrected chi connectivity index (χ0v) is 12.2. The predicted molar refractivity (Wildman–Crippen MR) is 77.7 cm³/mol. The highest BCUT2D eigenvalue weighted by Gasteiger charge is 2.35. The number of amides is 1. The summed E-state index contributed by atoms with van der Waals surface area (Å²) in [4.78, 5) is 24.9. The molecule has 114 valence electrons. The summed E-state index contributed by atoms with van der Waals surface area (Å²) < 4.78 is 5.80. The Bertz CT molecular complexity index is 488. The van der Waals surface area contributed by atoms with Crippen molar-refractivity contribution in [3.05, 3.63) is 35.9 Å². The average molecular weight is 291 g/mol. The number of aliphatic carboxylic acids is 1. The van der Waals surface area contributed by atoms with Gasteiger partial charge in [0.2, 0.25) is 5.91 Å². The van der Waals surface area contributed by atoms with Gasteiger partial charge in [-0.05, 0) is 25.3 Å². The van der Waals surface area contributed by atoms with Crippen molar-refractivity contribution in [2.24, 2.45) is 5.92 Å². The molecule has 21 heavy (non-hydrogen) atoms. The number of carboxylic acids is 1. The van der Waals surface area contributed by atoms with Gasteiger partial charge in [0.05, 0.1) is 12.0 Å². The largest absolute Gasteiger partial charge is 0.480 e. The minimum absolute atomic E-state index is 0.131. The number of nitrogens with zero attached hydrogens (tertiary/aromatic N) is 1. The van der Waals surface area contributed by atoms with Crippen LogP contribution in [0.3, 0.4) is 0 Å². The van der Waals surface area contributed by atoms with Gasteiger partial charge < -0.3 is 14.7 Å². The summed E-state index contributed by atoms with van der Waals surface area (Å²) in [6, 6.07) is 9.66. The Morgan fingerprint density at radius 1 is 1.33 bits per heavy atom. The molecule has 5 nitrogen and oxygen atoms in total. The number of carbonyl (C=O) groups is 2. The van der Waals surface area contributed by atoms with E-state index in [2.05, 4.69) is 0 Å². The van der Waals surface area contributed by atoms with Gasteiger partial charge in [0.15, 0.2) is 0 Å². The molecule has 0 aromatic heterocycles. The van der Waals surface area contributed by atoms with Crippen molar-refractivity contribution in [3.63, 3.8) is 0 Å². The lowest BCUT2D eigenvalue weighted by atomic mass is 9.88. The highest BCUT2D eigenvalue weighted by atomic mass is 16.5. The van der Waals surface area contributed by atoms with Crippen LogP contribution in [0.25, 0.3) is 0 Å². The quantitative estimate of drug-likeness (QED) is 0.902. The topological polar surface area (TPSA) is 66.8 Å². The second-order valence-corrected chi connectivity index (χ2v) is 5.20. The number of carbonyl (C=O) groups excluding carboxylic acids is 1. The molecule has 1 fully saturated rings. The van der Waals surface area contributed by atoms with E-state index in [1.54, 1.807) is 6.92 Å². The van der Waals surface area contributed by atoms with Crippen LogP contribution in [0, 0.1) is 5.92 Å². The van der Waals surface area contributed by atoms with Gasteiger partial charge in [-0.3, -0.25) is 9.59 Å². The highest BCUT2D eigenvalue weighted by molar-refractivity contribution is 5.83. The van der Waals surface area contributed by atoms with Gasteiger partial charge in [-0.2, -0.15) is 0 Å². The maximum atomic E-state index is 12.6. The van der Waals surface area contributed by atoms with E-state index in [4.69, 9.17) is 9.84 Å². The third-order valence-electron chi connectivity index (χ3n) is 3.79. The normalized spacial score (nSPS) is 21.8. The molecule has 5 heteroatoms. The smallest absolute Gasteiger partial charge is 0.323 e. The monoisotopic (exact) mass is 291 g/mol. The van der Waals surface area contributed by atoms with Gasteiger partial charge in [-0.15, -0.1) is 0 Å². The molecule has 1 aliphatic heterocycles. The molecule has 2 rings (SSSR count). The van der Waals surface area contributed by atoms with Crippen molar-refractivity contribution in [1.82, 2.24) is 4.90 Å². The molecule has 0 aliphatic carbocycles. The number of carboxylic acid groups (broad SMARTS) is 1. The van der Waals surface area contributed by atoms with Crippen molar-refractivity contribution < 1.29 is 19.4 Å². The van der Waals surface area contributed by atoms with E-state index in [0.29, 0.717) is 13.2 Å². The third kappa shape index (κ3) is 3.82. The Morgan fingerprint density at radius 2 is 2.05 bits per heavy atom. The summed E-state index contributed by atoms with van der Waals surface area (Å²) in [6.45, 7) is 2.56. The molecule has 1 saturated heterocycles. The molecule has 2 atom stereocenters. The van der Waals surface area contributed by atoms with Crippen LogP contribution in [-0.2, 0) is 14.3 Å². The fraction of sp³-hybridized carbons (Fsp3) is 0.500. The maximum Gasteiger partial charge on any atom is 0.323 e. The molecule has 1 N–H and O–H groups in total. The van der Waals surface area contributed by atoms with Crippen molar-refractivity contribution >= 4 is 11.9 Å². The number of hydrogen-bond donors (Lipinski definition) is 1. The van der Waals surface area contributed by atoms with E-state index in [-0.39, 0.29) is 24.5 Å². The number of rotatable bonds is 5. The summed E-state index contributed by atoms with van der Waals surface area (Å²) in [5.41, 5.74) is 0.974. The first-order valence-electron chi connectivity index (χ1n) is 7.30. The number of hydrogen-bond acceptors (Lipinski definition) is 3. The molecular formula is C16H21NO4. The van der Waals surface area contributed by atoms with E-state index in [0.717, 1.165) is 18.4 Å². The SMILES string of the molecule is CCN(CC(=O)O)C(=O)[C@@H]1CCCO[C@@H]1c1ccccc1. The summed E-state index contributed by atoms with van der Waals surface area (Å²) in [5.74, 6) is -1.42. The number of benzene rings is 1. The fourth-order valence-electron chi connectivity index (χ4n) is 2.75. The fourth-order valence-corrected chi connectivity index (χ4v) is 2.75. The van der Waals surface area contributed by atoms with Crippen LogP contribution in [0.4, 0.5) is 0 Å². The number of likely N-dealkylation sites (N-methyl/N-ethyl adjacent to an activating group) is 1. The summed E-state index contributed by atoms with van der Waals surface area (Å²) in [5, 5.41) is 8.92. The molecule has 0 radical (unpaired) electrons. The van der Waals surface area contributed by atoms with Gasteiger partial charge in [0.25, 0.3) is 0 Å². The Hall–Kier alpha value is -1.88. The van der Waals surface area contributed by atoms with E-state index >= 15 is 0 Å². The Morgan fingerprint density at radius 3 is 2.67 bits per heavy atom. The van der Waals surface area contributed by atoms with Crippen LogP contribution < -0.4 is 0 Å². The first kappa shape index (κ1) is 15.5. The summed E-state index contributed by atoms with van der Waals surface area (Å²) in [6.07, 6.45) is 1.27. The maximum absolute atomic E-state index is 12.6. The van der Waals surface area contributed by atoms with Crippen LogP contribution in [0.15, 0.2) is 30.3 Å². The lowest BCUT2D eigenvalue weighted by Crippen LogP contribution is -2.43. The van der Waals surface area contributed by atoms with Gasteiger partial charge in [0.1, 0.15) is 6.54 Å². The highest BCUT2D eigenvalue weighted by Crippen LogP contribution is 2.34. The van der Waals surface area contributed by atoms with E-state index < -0.39 is 5.97 Å². The molecule has 1 aromatic carbocycles. The van der Waals surface area contributed by atoms with E-state index in [9.17, 15) is 9.59 Å². The van der Waals surface area contributed by atoms with Crippen LogP contribution in [-0.4, -0.2) is 41.6 Å². The summed E-state index contributed by atoms with van der Waals surface area (Å²) >= 11 is 0. The minimum atomic E-state index is -0.988. The summed E-state index contributed by atoms with van der Waals surface area (Å²) in [7, 11) is 0. The van der Waals surface area contributed by atoms with Gasteiger partial charge >= 0.3 is 5.97 Å². The predicted octanol–water partition coefficient (Wildman–Crippen LogP) is 2.09. The molecule has 1 aliphatic rings. The zero-order valence-electron chi connectivity index (χ0n) is 12.2. The second-order valence-electron chi connectivity index (χ2n) is 5.20. The lowest BCUT2D eigenvalue weighted by molar-refractivity contribution is -0.151. The minimum Gasteiger partial charge on any atom is -0.480 e. The Balaban J connectivity index is 2.18. The van der Waals surface area contributed by atoms with Crippen molar-refractivity contribution in [3.8, 4) is 0 Å². The van der Waals surface area contributed by atoms with Crippen molar-refractivity contribution in [1.29, 1.82) is 0 Å². The lowest BCUT2D eigenvalue weighted by Gasteiger charge is -2.34. The van der Waals surface area contributed by atoms with Gasteiger partial charge in [-0.25, -0.2) is 0 Å². The van der Waals surface area contributed by atoms with Crippen LogP contribution in [0.5, 0.6) is 0 Å². The molecule has 0 saturated carbocycles. The molecule has 1 heterocycles. The second kappa shape index (κ2) is 7.22. The Labute approximate surface area is 124 Å². The van der Waals surface area contributed by atoms with Crippen LogP contribution in [0.2, 0.25) is 0 Å². The third-order valence-corrected chi connectivity index (χ3v) is 3.79. The Kier molecular flexibility index (Phi) is 5.33. The van der Waals surface area contributed by atoms with Gasteiger partial charge in [-0.1, -0.05) is 30.3 Å². The van der Waals surface area contributed by atoms with Crippen LogP contribution in [0.1, 0.15) is 31.4 Å². The van der Waals surface area contributed by atoms with Crippen molar-refractivity contribution in [2.75, 3.05) is 19.7 Å². The zero-order chi connectivity index (χ0) is 15.2. The average Bonchev–Trinajstić information content (AvgIpc) is 2.52. The molecule has 0 bridgehead atoms. The number of ether oxygens (including phenoxy) is 1. The molecule has 1 aromatic rings.